The quantitative estimate of drug-likeness (QED) is 0.508. The topological polar surface area (TPSA) is 48.2 Å². The van der Waals surface area contributed by atoms with Gasteiger partial charge in [-0.05, 0) is 59.7 Å². The lowest BCUT2D eigenvalue weighted by atomic mass is 10.0. The van der Waals surface area contributed by atoms with Crippen LogP contribution < -0.4 is 4.74 Å². The first-order valence-corrected chi connectivity index (χ1v) is 8.07. The predicted octanol–water partition coefficient (Wildman–Crippen LogP) is 5.22. The highest BCUT2D eigenvalue weighted by Crippen LogP contribution is 2.27. The first-order chi connectivity index (χ1) is 12.7. The molecule has 128 valence electrons. The van der Waals surface area contributed by atoms with Gasteiger partial charge in [0.15, 0.2) is 0 Å². The maximum absolute atomic E-state index is 13.0. The molecule has 0 amide bonds. The molecule has 26 heavy (non-hydrogen) atoms. The first kappa shape index (κ1) is 16.0. The monoisotopic (exact) mass is 346 g/mol. The van der Waals surface area contributed by atoms with Crippen molar-refractivity contribution in [3.63, 3.8) is 0 Å². The molecule has 0 aliphatic rings. The maximum atomic E-state index is 13.0. The van der Waals surface area contributed by atoms with E-state index in [1.807, 2.05) is 48.5 Å². The highest BCUT2D eigenvalue weighted by molar-refractivity contribution is 5.68. The molecule has 0 unspecified atom stereocenters. The Hall–Kier alpha value is -3.47. The van der Waals surface area contributed by atoms with E-state index in [2.05, 4.69) is 10.2 Å². The molecule has 0 saturated heterocycles. The van der Waals surface area contributed by atoms with Crippen molar-refractivity contribution in [2.45, 2.75) is 0 Å². The lowest BCUT2D eigenvalue weighted by molar-refractivity contribution is 0.415. The summed E-state index contributed by atoms with van der Waals surface area (Å²) in [7, 11) is 1.65. The fourth-order valence-electron chi connectivity index (χ4n) is 2.64. The van der Waals surface area contributed by atoms with Crippen molar-refractivity contribution in [1.82, 2.24) is 10.2 Å². The lowest BCUT2D eigenvalue weighted by Crippen LogP contribution is -1.83. The van der Waals surface area contributed by atoms with Crippen LogP contribution >= 0.6 is 0 Å². The number of ether oxygens (including phenoxy) is 1. The van der Waals surface area contributed by atoms with Crippen molar-refractivity contribution in [2.24, 2.45) is 0 Å². The lowest BCUT2D eigenvalue weighted by Gasteiger charge is -2.04. The van der Waals surface area contributed by atoms with Gasteiger partial charge in [0.05, 0.1) is 7.11 Å². The van der Waals surface area contributed by atoms with E-state index in [-0.39, 0.29) is 5.82 Å². The zero-order chi connectivity index (χ0) is 17.9. The Morgan fingerprint density at radius 3 is 1.58 bits per heavy atom. The number of benzene rings is 3. The molecule has 0 bridgehead atoms. The second kappa shape index (κ2) is 6.80. The first-order valence-electron chi connectivity index (χ1n) is 8.07. The number of hydrogen-bond acceptors (Lipinski definition) is 4. The van der Waals surface area contributed by atoms with Crippen LogP contribution in [0.5, 0.6) is 5.75 Å². The molecule has 0 aliphatic heterocycles. The second-order valence-corrected chi connectivity index (χ2v) is 5.73. The molecule has 0 N–H and O–H groups in total. The number of halogens is 1. The zero-order valence-electron chi connectivity index (χ0n) is 14.0. The number of nitrogens with zero attached hydrogens (tertiary/aromatic N) is 2. The predicted molar refractivity (Wildman–Crippen MR) is 97.1 cm³/mol. The standard InChI is InChI=1S/C21H15FN2O2/c1-25-19-12-8-15(9-13-19)14-2-4-16(5-3-14)20-23-24-21(26-20)17-6-10-18(22)11-7-17/h2-13H,1H3. The highest BCUT2D eigenvalue weighted by atomic mass is 19.1. The van der Waals surface area contributed by atoms with Crippen molar-refractivity contribution in [1.29, 1.82) is 0 Å². The minimum Gasteiger partial charge on any atom is -0.497 e. The van der Waals surface area contributed by atoms with E-state index >= 15 is 0 Å². The van der Waals surface area contributed by atoms with Crippen molar-refractivity contribution in [3.05, 3.63) is 78.6 Å². The summed E-state index contributed by atoms with van der Waals surface area (Å²) >= 11 is 0. The third-order valence-corrected chi connectivity index (χ3v) is 4.07. The Morgan fingerprint density at radius 2 is 1.08 bits per heavy atom. The Labute approximate surface area is 149 Å². The van der Waals surface area contributed by atoms with Gasteiger partial charge in [-0.3, -0.25) is 0 Å². The van der Waals surface area contributed by atoms with Crippen LogP contribution in [0, 0.1) is 5.82 Å². The average molecular weight is 346 g/mol. The molecule has 1 aromatic heterocycles. The van der Waals surface area contributed by atoms with Crippen LogP contribution in [0.3, 0.4) is 0 Å². The second-order valence-electron chi connectivity index (χ2n) is 5.73. The summed E-state index contributed by atoms with van der Waals surface area (Å²) in [6.07, 6.45) is 0. The summed E-state index contributed by atoms with van der Waals surface area (Å²) in [4.78, 5) is 0. The van der Waals surface area contributed by atoms with Crippen LogP contribution in [-0.2, 0) is 0 Å². The van der Waals surface area contributed by atoms with E-state index in [1.54, 1.807) is 19.2 Å². The molecule has 4 aromatic rings. The number of hydrogen-bond donors (Lipinski definition) is 0. The summed E-state index contributed by atoms with van der Waals surface area (Å²) in [6, 6.07) is 21.7. The van der Waals surface area contributed by atoms with Crippen molar-refractivity contribution in [2.75, 3.05) is 7.11 Å². The van der Waals surface area contributed by atoms with E-state index in [0.29, 0.717) is 17.3 Å². The summed E-state index contributed by atoms with van der Waals surface area (Å²) < 4.78 is 23.9. The van der Waals surface area contributed by atoms with Crippen LogP contribution in [0.15, 0.2) is 77.2 Å². The summed E-state index contributed by atoms with van der Waals surface area (Å²) in [5.41, 5.74) is 3.67. The smallest absolute Gasteiger partial charge is 0.248 e. The van der Waals surface area contributed by atoms with Crippen LogP contribution in [0.4, 0.5) is 4.39 Å². The van der Waals surface area contributed by atoms with Crippen molar-refractivity contribution < 1.29 is 13.5 Å². The molecule has 0 aliphatic carbocycles. The minimum absolute atomic E-state index is 0.303. The van der Waals surface area contributed by atoms with E-state index in [0.717, 1.165) is 22.4 Å². The average Bonchev–Trinajstić information content (AvgIpc) is 3.19. The molecule has 1 heterocycles. The molecule has 4 rings (SSSR count). The van der Waals surface area contributed by atoms with Gasteiger partial charge in [-0.1, -0.05) is 24.3 Å². The van der Waals surface area contributed by atoms with Crippen molar-refractivity contribution >= 4 is 0 Å². The molecular formula is C21H15FN2O2. The van der Waals surface area contributed by atoms with Gasteiger partial charge in [-0.2, -0.15) is 0 Å². The number of methoxy groups -OCH3 is 1. The largest absolute Gasteiger partial charge is 0.497 e. The summed E-state index contributed by atoms with van der Waals surface area (Å²) in [5, 5.41) is 8.12. The van der Waals surface area contributed by atoms with Gasteiger partial charge in [0.1, 0.15) is 11.6 Å². The molecule has 0 radical (unpaired) electrons. The van der Waals surface area contributed by atoms with Crippen molar-refractivity contribution in [3.8, 4) is 39.8 Å². The minimum atomic E-state index is -0.303. The molecule has 4 nitrogen and oxygen atoms in total. The van der Waals surface area contributed by atoms with E-state index in [9.17, 15) is 4.39 Å². The highest BCUT2D eigenvalue weighted by Gasteiger charge is 2.11. The fraction of sp³-hybridized carbons (Fsp3) is 0.0476. The third-order valence-electron chi connectivity index (χ3n) is 4.07. The van der Waals surface area contributed by atoms with Crippen LogP contribution in [0.1, 0.15) is 0 Å². The zero-order valence-corrected chi connectivity index (χ0v) is 14.0. The van der Waals surface area contributed by atoms with Gasteiger partial charge in [0, 0.05) is 11.1 Å². The molecule has 0 saturated carbocycles. The molecule has 3 aromatic carbocycles. The molecule has 0 spiro atoms. The van der Waals surface area contributed by atoms with E-state index < -0.39 is 0 Å². The number of rotatable bonds is 4. The van der Waals surface area contributed by atoms with Gasteiger partial charge in [-0.25, -0.2) is 4.39 Å². The van der Waals surface area contributed by atoms with Gasteiger partial charge in [0.25, 0.3) is 0 Å². The van der Waals surface area contributed by atoms with Crippen LogP contribution in [0.2, 0.25) is 0 Å². The van der Waals surface area contributed by atoms with Gasteiger partial charge in [0.2, 0.25) is 11.8 Å². The van der Waals surface area contributed by atoms with E-state index in [4.69, 9.17) is 9.15 Å². The molecule has 0 atom stereocenters. The molecule has 0 fully saturated rings. The molecule has 5 heteroatoms. The third kappa shape index (κ3) is 3.19. The summed E-state index contributed by atoms with van der Waals surface area (Å²) in [5.74, 6) is 1.30. The summed E-state index contributed by atoms with van der Waals surface area (Å²) in [6.45, 7) is 0. The van der Waals surface area contributed by atoms with Gasteiger partial charge < -0.3 is 9.15 Å². The fourth-order valence-corrected chi connectivity index (χ4v) is 2.64. The molecular weight excluding hydrogens is 331 g/mol. The Kier molecular flexibility index (Phi) is 4.19. The SMILES string of the molecule is COc1ccc(-c2ccc(-c3nnc(-c4ccc(F)cc4)o3)cc2)cc1. The Balaban J connectivity index is 1.58. The maximum Gasteiger partial charge on any atom is 0.248 e. The Morgan fingerprint density at radius 1 is 0.654 bits per heavy atom. The Bertz CT molecular complexity index is 1010. The van der Waals surface area contributed by atoms with Gasteiger partial charge >= 0.3 is 0 Å². The van der Waals surface area contributed by atoms with Crippen LogP contribution in [-0.4, -0.2) is 17.3 Å². The number of aromatic nitrogens is 2. The normalized spacial score (nSPS) is 10.7. The van der Waals surface area contributed by atoms with Crippen LogP contribution in [0.25, 0.3) is 34.0 Å². The van der Waals surface area contributed by atoms with Gasteiger partial charge in [-0.15, -0.1) is 10.2 Å². The van der Waals surface area contributed by atoms with E-state index in [1.165, 1.54) is 12.1 Å².